The summed E-state index contributed by atoms with van der Waals surface area (Å²) in [4.78, 5) is 22.3. The van der Waals surface area contributed by atoms with Crippen LogP contribution in [-0.2, 0) is 13.0 Å². The molecule has 0 aliphatic rings. The average molecular weight is 431 g/mol. The fourth-order valence-corrected chi connectivity index (χ4v) is 4.03. The minimum Gasteiger partial charge on any atom is -0.467 e. The molecule has 0 spiro atoms. The highest BCUT2D eigenvalue weighted by atomic mass is 35.5. The van der Waals surface area contributed by atoms with Crippen LogP contribution in [0.15, 0.2) is 55.5 Å². The van der Waals surface area contributed by atoms with Gasteiger partial charge in [0.25, 0.3) is 5.56 Å². The van der Waals surface area contributed by atoms with Crippen LogP contribution in [0.2, 0.25) is 5.02 Å². The van der Waals surface area contributed by atoms with Crippen LogP contribution in [0.5, 0.6) is 0 Å². The first-order valence-electron chi connectivity index (χ1n) is 9.26. The third-order valence-corrected chi connectivity index (χ3v) is 5.68. The molecule has 0 bridgehead atoms. The van der Waals surface area contributed by atoms with Crippen molar-refractivity contribution in [3.05, 3.63) is 69.4 Å². The molecule has 3 heterocycles. The van der Waals surface area contributed by atoms with Crippen molar-refractivity contribution in [2.24, 2.45) is 0 Å². The van der Waals surface area contributed by atoms with Gasteiger partial charge in [-0.15, -0.1) is 0 Å². The van der Waals surface area contributed by atoms with Crippen LogP contribution in [0.1, 0.15) is 43.0 Å². The average Bonchev–Trinajstić information content (AvgIpc) is 3.37. The van der Waals surface area contributed by atoms with E-state index in [2.05, 4.69) is 17.1 Å². The minimum atomic E-state index is -0.181. The number of rotatable bonds is 7. The van der Waals surface area contributed by atoms with Gasteiger partial charge in [-0.25, -0.2) is 4.98 Å². The highest BCUT2D eigenvalue weighted by molar-refractivity contribution is 7.99. The lowest BCUT2D eigenvalue weighted by atomic mass is 10.2. The van der Waals surface area contributed by atoms with Crippen LogP contribution < -0.4 is 5.56 Å². The number of benzene rings is 1. The van der Waals surface area contributed by atoms with Crippen LogP contribution in [0.25, 0.3) is 10.9 Å². The summed E-state index contributed by atoms with van der Waals surface area (Å²) in [5, 5.41) is 5.39. The molecular formula is C20H19ClN4O3S. The van der Waals surface area contributed by atoms with Crippen molar-refractivity contribution < 1.29 is 8.94 Å². The molecule has 4 rings (SSSR count). The zero-order valence-electron chi connectivity index (χ0n) is 16.0. The summed E-state index contributed by atoms with van der Waals surface area (Å²) >= 11 is 7.49. The van der Waals surface area contributed by atoms with Gasteiger partial charge in [0, 0.05) is 11.4 Å². The minimum absolute atomic E-state index is 0.157. The number of hydrogen-bond donors (Lipinski definition) is 0. The molecule has 1 aromatic carbocycles. The Morgan fingerprint density at radius 3 is 2.90 bits per heavy atom. The van der Waals surface area contributed by atoms with Gasteiger partial charge in [0.1, 0.15) is 5.76 Å². The zero-order chi connectivity index (χ0) is 20.4. The molecule has 0 aliphatic heterocycles. The Morgan fingerprint density at radius 1 is 1.28 bits per heavy atom. The molecule has 3 aromatic heterocycles. The summed E-state index contributed by atoms with van der Waals surface area (Å²) in [5.41, 5.74) is 0.389. The molecule has 4 aromatic rings. The molecule has 0 N–H and O–H groups in total. The highest BCUT2D eigenvalue weighted by Gasteiger charge is 2.20. The summed E-state index contributed by atoms with van der Waals surface area (Å²) in [7, 11) is 0. The van der Waals surface area contributed by atoms with Gasteiger partial charge in [-0.1, -0.05) is 35.4 Å². The second-order valence-electron chi connectivity index (χ2n) is 6.59. The summed E-state index contributed by atoms with van der Waals surface area (Å²) < 4.78 is 12.4. The number of aromatic nitrogens is 4. The SMILES string of the molecule is CCCc1noc(C(C)Sc2nc3cc(Cl)ccc3c(=O)n2Cc2ccco2)n1. The van der Waals surface area contributed by atoms with Gasteiger partial charge in [-0.3, -0.25) is 9.36 Å². The quantitative estimate of drug-likeness (QED) is 0.305. The van der Waals surface area contributed by atoms with Gasteiger partial charge in [0.05, 0.1) is 29.0 Å². The monoisotopic (exact) mass is 430 g/mol. The first-order valence-corrected chi connectivity index (χ1v) is 10.5. The van der Waals surface area contributed by atoms with E-state index >= 15 is 0 Å². The topological polar surface area (TPSA) is 87.0 Å². The molecule has 7 nitrogen and oxygen atoms in total. The molecule has 150 valence electrons. The molecule has 29 heavy (non-hydrogen) atoms. The van der Waals surface area contributed by atoms with Gasteiger partial charge >= 0.3 is 0 Å². The lowest BCUT2D eigenvalue weighted by molar-refractivity contribution is 0.374. The second kappa shape index (κ2) is 8.42. The number of aryl methyl sites for hydroxylation is 1. The van der Waals surface area contributed by atoms with Gasteiger partial charge < -0.3 is 8.94 Å². The van der Waals surface area contributed by atoms with E-state index in [0.717, 1.165) is 12.8 Å². The van der Waals surface area contributed by atoms with Gasteiger partial charge in [0.15, 0.2) is 11.0 Å². The van der Waals surface area contributed by atoms with Crippen LogP contribution in [0.4, 0.5) is 0 Å². The summed E-state index contributed by atoms with van der Waals surface area (Å²) in [6.45, 7) is 4.28. The fraction of sp³-hybridized carbons (Fsp3) is 0.300. The van der Waals surface area contributed by atoms with Crippen molar-refractivity contribution in [3.8, 4) is 0 Å². The third-order valence-electron chi connectivity index (χ3n) is 4.36. The van der Waals surface area contributed by atoms with Crippen molar-refractivity contribution in [2.45, 2.75) is 43.6 Å². The molecule has 9 heteroatoms. The Labute approximate surface area is 176 Å². The van der Waals surface area contributed by atoms with Crippen LogP contribution in [0.3, 0.4) is 0 Å². The van der Waals surface area contributed by atoms with Gasteiger partial charge in [0.2, 0.25) is 5.89 Å². The van der Waals surface area contributed by atoms with Gasteiger partial charge in [-0.2, -0.15) is 4.98 Å². The molecular weight excluding hydrogens is 412 g/mol. The predicted octanol–water partition coefficient (Wildman–Crippen LogP) is 4.88. The normalized spacial score (nSPS) is 12.5. The maximum Gasteiger partial charge on any atom is 0.262 e. The molecule has 1 atom stereocenters. The van der Waals surface area contributed by atoms with E-state index in [1.807, 2.05) is 13.0 Å². The number of hydrogen-bond acceptors (Lipinski definition) is 7. The highest BCUT2D eigenvalue weighted by Crippen LogP contribution is 2.33. The molecule has 0 saturated carbocycles. The van der Waals surface area contributed by atoms with Crippen molar-refractivity contribution in [1.29, 1.82) is 0 Å². The molecule has 0 amide bonds. The van der Waals surface area contributed by atoms with Crippen molar-refractivity contribution in [2.75, 3.05) is 0 Å². The first-order chi connectivity index (χ1) is 14.0. The van der Waals surface area contributed by atoms with Crippen LogP contribution in [-0.4, -0.2) is 19.7 Å². The second-order valence-corrected chi connectivity index (χ2v) is 8.33. The number of halogens is 1. The van der Waals surface area contributed by atoms with E-state index in [1.165, 1.54) is 11.8 Å². The Bertz CT molecular complexity index is 1190. The van der Waals surface area contributed by atoms with E-state index < -0.39 is 0 Å². The fourth-order valence-electron chi connectivity index (χ4n) is 2.93. The zero-order valence-corrected chi connectivity index (χ0v) is 17.5. The largest absolute Gasteiger partial charge is 0.467 e. The first kappa shape index (κ1) is 19.7. The molecule has 0 fully saturated rings. The summed E-state index contributed by atoms with van der Waals surface area (Å²) in [6, 6.07) is 8.69. The predicted molar refractivity (Wildman–Crippen MR) is 111 cm³/mol. The van der Waals surface area contributed by atoms with E-state index in [9.17, 15) is 4.79 Å². The van der Waals surface area contributed by atoms with Crippen molar-refractivity contribution >= 4 is 34.3 Å². The molecule has 0 aliphatic carbocycles. The van der Waals surface area contributed by atoms with Gasteiger partial charge in [-0.05, 0) is 43.7 Å². The Balaban J connectivity index is 1.74. The number of nitrogens with zero attached hydrogens (tertiary/aromatic N) is 4. The lowest BCUT2D eigenvalue weighted by Crippen LogP contribution is -2.24. The van der Waals surface area contributed by atoms with Crippen LogP contribution >= 0.6 is 23.4 Å². The molecule has 0 radical (unpaired) electrons. The number of thioether (sulfide) groups is 1. The Kier molecular flexibility index (Phi) is 5.73. The van der Waals surface area contributed by atoms with E-state index in [0.29, 0.717) is 38.6 Å². The molecule has 0 saturated heterocycles. The van der Waals surface area contributed by atoms with Crippen LogP contribution in [0, 0.1) is 0 Å². The smallest absolute Gasteiger partial charge is 0.262 e. The van der Waals surface area contributed by atoms with Crippen molar-refractivity contribution in [3.63, 3.8) is 0 Å². The maximum absolute atomic E-state index is 13.2. The van der Waals surface area contributed by atoms with E-state index in [-0.39, 0.29) is 17.4 Å². The maximum atomic E-state index is 13.2. The Hall–Kier alpha value is -2.58. The number of fused-ring (bicyclic) bond motifs is 1. The third kappa shape index (κ3) is 4.23. The number of furan rings is 1. The molecule has 1 unspecified atom stereocenters. The van der Waals surface area contributed by atoms with E-state index in [4.69, 9.17) is 25.5 Å². The Morgan fingerprint density at radius 2 is 2.14 bits per heavy atom. The lowest BCUT2D eigenvalue weighted by Gasteiger charge is -2.14. The summed E-state index contributed by atoms with van der Waals surface area (Å²) in [6.07, 6.45) is 3.28. The van der Waals surface area contributed by atoms with Crippen molar-refractivity contribution in [1.82, 2.24) is 19.7 Å². The standard InChI is InChI=1S/C20H19ClN4O3S/c1-3-5-17-23-18(28-24-17)12(2)29-20-22-16-10-13(21)7-8-15(16)19(26)25(20)11-14-6-4-9-27-14/h4,6-10,12H,3,5,11H2,1-2H3. The van der Waals surface area contributed by atoms with E-state index in [1.54, 1.807) is 35.1 Å². The summed E-state index contributed by atoms with van der Waals surface area (Å²) in [5.74, 6) is 1.85.